The maximum Gasteiger partial charge on any atom is 0.247 e. The molecule has 2 aromatic rings. The Morgan fingerprint density at radius 3 is 2.42 bits per heavy atom. The molecule has 0 unspecified atom stereocenters. The van der Waals surface area contributed by atoms with Crippen LogP contribution in [0.1, 0.15) is 50.5 Å². The van der Waals surface area contributed by atoms with Gasteiger partial charge in [0.15, 0.2) is 0 Å². The highest BCUT2D eigenvalue weighted by Crippen LogP contribution is 2.38. The lowest BCUT2D eigenvalue weighted by molar-refractivity contribution is 0.181. The molecular formula is C15H19N3O. The van der Waals surface area contributed by atoms with Gasteiger partial charge < -0.3 is 10.3 Å². The number of aromatic nitrogens is 2. The maximum atomic E-state index is 6.18. The van der Waals surface area contributed by atoms with Crippen LogP contribution in [0, 0.1) is 0 Å². The van der Waals surface area contributed by atoms with Crippen LogP contribution in [0.4, 0.5) is 0 Å². The van der Waals surface area contributed by atoms with Crippen LogP contribution in [0.25, 0.3) is 11.4 Å². The number of rotatable bonds is 3. The molecule has 1 fully saturated rings. The third kappa shape index (κ3) is 2.16. The van der Waals surface area contributed by atoms with Crippen LogP contribution in [0.3, 0.4) is 0 Å². The quantitative estimate of drug-likeness (QED) is 0.917. The lowest BCUT2D eigenvalue weighted by atomic mass is 9.78. The Labute approximate surface area is 113 Å². The Balaban J connectivity index is 1.86. The molecule has 4 heteroatoms. The summed E-state index contributed by atoms with van der Waals surface area (Å²) in [5.74, 6) is 1.72. The van der Waals surface area contributed by atoms with Crippen molar-refractivity contribution < 1.29 is 4.52 Å². The standard InChI is InChI=1S/C15H19N3O/c1-10(2)11-4-6-12(7-5-11)13-17-14(19-18-13)15(16)8-3-9-15/h4-7,10H,3,8-9,16H2,1-2H3. The minimum atomic E-state index is -0.386. The lowest BCUT2D eigenvalue weighted by Gasteiger charge is -2.33. The summed E-state index contributed by atoms with van der Waals surface area (Å²) in [5, 5.41) is 4.04. The first-order valence-corrected chi connectivity index (χ1v) is 6.82. The molecule has 1 aliphatic carbocycles. The molecule has 4 nitrogen and oxygen atoms in total. The van der Waals surface area contributed by atoms with Crippen LogP contribution in [0.15, 0.2) is 28.8 Å². The van der Waals surface area contributed by atoms with Gasteiger partial charge in [0.05, 0.1) is 5.54 Å². The second-order valence-corrected chi connectivity index (χ2v) is 5.71. The second kappa shape index (κ2) is 4.46. The van der Waals surface area contributed by atoms with E-state index in [1.807, 2.05) is 12.1 Å². The summed E-state index contributed by atoms with van der Waals surface area (Å²) >= 11 is 0. The van der Waals surface area contributed by atoms with Crippen molar-refractivity contribution in [3.8, 4) is 11.4 Å². The molecule has 0 aliphatic heterocycles. The van der Waals surface area contributed by atoms with Crippen molar-refractivity contribution in [2.75, 3.05) is 0 Å². The first kappa shape index (κ1) is 12.4. The summed E-state index contributed by atoms with van der Waals surface area (Å²) in [6.45, 7) is 4.35. The van der Waals surface area contributed by atoms with Gasteiger partial charge in [0.2, 0.25) is 11.7 Å². The predicted octanol–water partition coefficient (Wildman–Crippen LogP) is 3.20. The normalized spacial score (nSPS) is 17.5. The average Bonchev–Trinajstić information content (AvgIpc) is 2.86. The molecule has 2 N–H and O–H groups in total. The Morgan fingerprint density at radius 2 is 1.89 bits per heavy atom. The Bertz CT molecular complexity index is 567. The zero-order valence-corrected chi connectivity index (χ0v) is 11.4. The summed E-state index contributed by atoms with van der Waals surface area (Å²) in [6.07, 6.45) is 3.00. The molecule has 1 saturated carbocycles. The van der Waals surface area contributed by atoms with E-state index in [1.165, 1.54) is 5.56 Å². The van der Waals surface area contributed by atoms with Gasteiger partial charge in [0.25, 0.3) is 0 Å². The van der Waals surface area contributed by atoms with Gasteiger partial charge in [-0.25, -0.2) is 0 Å². The SMILES string of the molecule is CC(C)c1ccc(-c2noc(C3(N)CCC3)n2)cc1. The molecule has 0 radical (unpaired) electrons. The molecule has 0 saturated heterocycles. The second-order valence-electron chi connectivity index (χ2n) is 5.71. The Kier molecular flexibility index (Phi) is 2.90. The summed E-state index contributed by atoms with van der Waals surface area (Å²) in [4.78, 5) is 4.45. The van der Waals surface area contributed by atoms with Crippen molar-refractivity contribution in [3.63, 3.8) is 0 Å². The minimum Gasteiger partial charge on any atom is -0.337 e. The summed E-state index contributed by atoms with van der Waals surface area (Å²) in [6, 6.07) is 8.29. The van der Waals surface area contributed by atoms with Gasteiger partial charge in [-0.1, -0.05) is 43.3 Å². The third-order valence-corrected chi connectivity index (χ3v) is 3.93. The minimum absolute atomic E-state index is 0.386. The largest absolute Gasteiger partial charge is 0.337 e. The molecule has 100 valence electrons. The third-order valence-electron chi connectivity index (χ3n) is 3.93. The van der Waals surface area contributed by atoms with Crippen molar-refractivity contribution >= 4 is 0 Å². The van der Waals surface area contributed by atoms with Gasteiger partial charge in [-0.05, 0) is 30.7 Å². The Hall–Kier alpha value is -1.68. The van der Waals surface area contributed by atoms with E-state index >= 15 is 0 Å². The predicted molar refractivity (Wildman–Crippen MR) is 73.5 cm³/mol. The van der Waals surface area contributed by atoms with Crippen LogP contribution in [0.5, 0.6) is 0 Å². The van der Waals surface area contributed by atoms with Gasteiger partial charge >= 0.3 is 0 Å². The zero-order chi connectivity index (χ0) is 13.5. The van der Waals surface area contributed by atoms with Crippen LogP contribution in [-0.4, -0.2) is 10.1 Å². The van der Waals surface area contributed by atoms with Gasteiger partial charge in [0, 0.05) is 5.56 Å². The van der Waals surface area contributed by atoms with Gasteiger partial charge in [0.1, 0.15) is 0 Å². The molecule has 0 atom stereocenters. The number of nitrogens with two attached hydrogens (primary N) is 1. The molecule has 3 rings (SSSR count). The highest BCUT2D eigenvalue weighted by atomic mass is 16.5. The highest BCUT2D eigenvalue weighted by Gasteiger charge is 2.39. The fourth-order valence-electron chi connectivity index (χ4n) is 2.33. The summed E-state index contributed by atoms with van der Waals surface area (Å²) < 4.78 is 5.32. The molecule has 19 heavy (non-hydrogen) atoms. The van der Waals surface area contributed by atoms with E-state index in [9.17, 15) is 0 Å². The van der Waals surface area contributed by atoms with Crippen molar-refractivity contribution in [2.45, 2.75) is 44.6 Å². The van der Waals surface area contributed by atoms with E-state index in [1.54, 1.807) is 0 Å². The van der Waals surface area contributed by atoms with Crippen molar-refractivity contribution in [2.24, 2.45) is 5.73 Å². The number of hydrogen-bond donors (Lipinski definition) is 1. The van der Waals surface area contributed by atoms with Gasteiger partial charge in [-0.15, -0.1) is 0 Å². The monoisotopic (exact) mass is 257 g/mol. The van der Waals surface area contributed by atoms with Crippen molar-refractivity contribution in [1.82, 2.24) is 10.1 Å². The number of nitrogens with zero attached hydrogens (tertiary/aromatic N) is 2. The van der Waals surface area contributed by atoms with Crippen LogP contribution >= 0.6 is 0 Å². The zero-order valence-electron chi connectivity index (χ0n) is 11.4. The van der Waals surface area contributed by atoms with Gasteiger partial charge in [-0.3, -0.25) is 0 Å². The number of hydrogen-bond acceptors (Lipinski definition) is 4. The molecule has 0 bridgehead atoms. The smallest absolute Gasteiger partial charge is 0.247 e. The lowest BCUT2D eigenvalue weighted by Crippen LogP contribution is -2.43. The van der Waals surface area contributed by atoms with Gasteiger partial charge in [-0.2, -0.15) is 4.98 Å². The van der Waals surface area contributed by atoms with Crippen LogP contribution < -0.4 is 5.73 Å². The fourth-order valence-corrected chi connectivity index (χ4v) is 2.33. The topological polar surface area (TPSA) is 64.9 Å². The van der Waals surface area contributed by atoms with E-state index in [0.29, 0.717) is 17.6 Å². The van der Waals surface area contributed by atoms with Crippen molar-refractivity contribution in [3.05, 3.63) is 35.7 Å². The fraction of sp³-hybridized carbons (Fsp3) is 0.467. The number of benzene rings is 1. The molecule has 0 spiro atoms. The van der Waals surface area contributed by atoms with E-state index in [0.717, 1.165) is 24.8 Å². The van der Waals surface area contributed by atoms with E-state index < -0.39 is 0 Å². The highest BCUT2D eigenvalue weighted by molar-refractivity contribution is 5.55. The van der Waals surface area contributed by atoms with Crippen LogP contribution in [-0.2, 0) is 5.54 Å². The maximum absolute atomic E-state index is 6.18. The van der Waals surface area contributed by atoms with E-state index in [4.69, 9.17) is 10.3 Å². The molecule has 1 aromatic heterocycles. The van der Waals surface area contributed by atoms with Crippen LogP contribution in [0.2, 0.25) is 0 Å². The van der Waals surface area contributed by atoms with E-state index in [2.05, 4.69) is 36.1 Å². The first-order valence-electron chi connectivity index (χ1n) is 6.82. The van der Waals surface area contributed by atoms with E-state index in [-0.39, 0.29) is 5.54 Å². The molecule has 0 amide bonds. The molecular weight excluding hydrogens is 238 g/mol. The average molecular weight is 257 g/mol. The molecule has 1 heterocycles. The van der Waals surface area contributed by atoms with Crippen molar-refractivity contribution in [1.29, 1.82) is 0 Å². The molecule has 1 aromatic carbocycles. The molecule has 1 aliphatic rings. The summed E-state index contributed by atoms with van der Waals surface area (Å²) in [5.41, 5.74) is 8.08. The summed E-state index contributed by atoms with van der Waals surface area (Å²) in [7, 11) is 0. The Morgan fingerprint density at radius 1 is 1.21 bits per heavy atom. The first-order chi connectivity index (χ1) is 9.08.